The highest BCUT2D eigenvalue weighted by Crippen LogP contribution is 2.29. The number of hydrogen-bond acceptors (Lipinski definition) is 3. The minimum Gasteiger partial charge on any atom is -0.381 e. The second kappa shape index (κ2) is 6.87. The van der Waals surface area contributed by atoms with Gasteiger partial charge in [-0.1, -0.05) is 20.8 Å². The first-order chi connectivity index (χ1) is 9.05. The van der Waals surface area contributed by atoms with Crippen LogP contribution in [0.3, 0.4) is 0 Å². The second-order valence-electron chi connectivity index (χ2n) is 6.56. The molecule has 0 amide bonds. The Morgan fingerprint density at radius 3 is 2.74 bits per heavy atom. The van der Waals surface area contributed by atoms with E-state index >= 15 is 0 Å². The zero-order valence-electron chi connectivity index (χ0n) is 12.5. The average Bonchev–Trinajstić information content (AvgIpc) is 3.02. The van der Waals surface area contributed by atoms with Gasteiger partial charge in [0.05, 0.1) is 0 Å². The van der Waals surface area contributed by atoms with Crippen molar-refractivity contribution in [1.29, 1.82) is 0 Å². The van der Waals surface area contributed by atoms with Crippen LogP contribution >= 0.6 is 11.3 Å². The van der Waals surface area contributed by atoms with E-state index in [9.17, 15) is 0 Å². The molecule has 1 heterocycles. The molecular weight excluding hydrogens is 254 g/mol. The van der Waals surface area contributed by atoms with E-state index in [1.165, 1.54) is 22.6 Å². The fourth-order valence-electron chi connectivity index (χ4n) is 1.92. The van der Waals surface area contributed by atoms with Gasteiger partial charge < -0.3 is 10.1 Å². The largest absolute Gasteiger partial charge is 0.381 e. The van der Waals surface area contributed by atoms with Crippen molar-refractivity contribution in [3.8, 4) is 0 Å². The fourth-order valence-corrected chi connectivity index (χ4v) is 2.96. The molecule has 1 aromatic heterocycles. The molecule has 1 aromatic rings. The number of rotatable bonds is 8. The third kappa shape index (κ3) is 5.64. The summed E-state index contributed by atoms with van der Waals surface area (Å²) in [5, 5.41) is 3.50. The summed E-state index contributed by atoms with van der Waals surface area (Å²) in [4.78, 5) is 2.90. The van der Waals surface area contributed by atoms with Crippen molar-refractivity contribution in [1.82, 2.24) is 5.32 Å². The van der Waals surface area contributed by atoms with Gasteiger partial charge in [-0.15, -0.1) is 11.3 Å². The molecule has 1 N–H and O–H groups in total. The van der Waals surface area contributed by atoms with Gasteiger partial charge in [-0.3, -0.25) is 0 Å². The Kier molecular flexibility index (Phi) is 5.43. The second-order valence-corrected chi connectivity index (χ2v) is 7.73. The van der Waals surface area contributed by atoms with Crippen LogP contribution in [0.4, 0.5) is 0 Å². The van der Waals surface area contributed by atoms with Crippen LogP contribution in [0, 0.1) is 5.92 Å². The lowest BCUT2D eigenvalue weighted by molar-refractivity contribution is 0.122. The topological polar surface area (TPSA) is 21.3 Å². The highest BCUT2D eigenvalue weighted by Gasteiger charge is 2.20. The third-order valence-electron chi connectivity index (χ3n) is 3.39. The highest BCUT2D eigenvalue weighted by atomic mass is 32.1. The van der Waals surface area contributed by atoms with Gasteiger partial charge >= 0.3 is 0 Å². The number of hydrogen-bond donors (Lipinski definition) is 1. The lowest BCUT2D eigenvalue weighted by Gasteiger charge is -2.15. The molecule has 0 unspecified atom stereocenters. The SMILES string of the molecule is CC(C)(C)c1ccc(CNCCCOCC2CC2)s1. The van der Waals surface area contributed by atoms with Crippen molar-refractivity contribution >= 4 is 11.3 Å². The van der Waals surface area contributed by atoms with E-state index in [0.29, 0.717) is 0 Å². The molecule has 2 rings (SSSR count). The van der Waals surface area contributed by atoms with Crippen LogP contribution in [0.15, 0.2) is 12.1 Å². The number of nitrogens with one attached hydrogen (secondary N) is 1. The predicted octanol–water partition coefficient (Wildman–Crippen LogP) is 3.95. The normalized spacial score (nSPS) is 15.9. The monoisotopic (exact) mass is 281 g/mol. The van der Waals surface area contributed by atoms with Crippen molar-refractivity contribution in [3.05, 3.63) is 21.9 Å². The standard InChI is InChI=1S/C16H27NOS/c1-16(2,3)15-8-7-14(19-15)11-17-9-4-10-18-12-13-5-6-13/h7-8,13,17H,4-6,9-12H2,1-3H3. The summed E-state index contributed by atoms with van der Waals surface area (Å²) in [5.41, 5.74) is 0.277. The molecule has 3 heteroatoms. The van der Waals surface area contributed by atoms with E-state index in [0.717, 1.165) is 38.6 Å². The van der Waals surface area contributed by atoms with Gasteiger partial charge in [0.15, 0.2) is 0 Å². The van der Waals surface area contributed by atoms with E-state index < -0.39 is 0 Å². The molecule has 19 heavy (non-hydrogen) atoms. The molecule has 108 valence electrons. The zero-order chi connectivity index (χ0) is 13.7. The molecule has 1 aliphatic rings. The van der Waals surface area contributed by atoms with Gasteiger partial charge in [0, 0.05) is 29.5 Å². The van der Waals surface area contributed by atoms with Gasteiger partial charge in [0.25, 0.3) is 0 Å². The van der Waals surface area contributed by atoms with Crippen LogP contribution in [-0.2, 0) is 16.7 Å². The molecule has 0 aromatic carbocycles. The van der Waals surface area contributed by atoms with Crippen molar-refractivity contribution in [3.63, 3.8) is 0 Å². The van der Waals surface area contributed by atoms with E-state index in [4.69, 9.17) is 4.74 Å². The first-order valence-electron chi connectivity index (χ1n) is 7.43. The van der Waals surface area contributed by atoms with Crippen LogP contribution in [-0.4, -0.2) is 19.8 Å². The molecule has 0 saturated heterocycles. The maximum atomic E-state index is 5.62. The summed E-state index contributed by atoms with van der Waals surface area (Å²) in [6, 6.07) is 4.52. The van der Waals surface area contributed by atoms with Gasteiger partial charge in [0.2, 0.25) is 0 Å². The van der Waals surface area contributed by atoms with Crippen LogP contribution in [0.2, 0.25) is 0 Å². The minimum absolute atomic E-state index is 0.277. The first kappa shape index (κ1) is 15.0. The lowest BCUT2D eigenvalue weighted by atomic mass is 9.95. The molecule has 1 fully saturated rings. The summed E-state index contributed by atoms with van der Waals surface area (Å²) < 4.78 is 5.62. The van der Waals surface area contributed by atoms with Crippen molar-refractivity contribution in [2.45, 2.75) is 52.0 Å². The molecule has 0 atom stereocenters. The van der Waals surface area contributed by atoms with Crippen LogP contribution in [0.1, 0.15) is 49.8 Å². The van der Waals surface area contributed by atoms with Crippen LogP contribution < -0.4 is 5.32 Å². The van der Waals surface area contributed by atoms with E-state index in [1.807, 2.05) is 11.3 Å². The van der Waals surface area contributed by atoms with Crippen molar-refractivity contribution in [2.75, 3.05) is 19.8 Å². The molecule has 0 radical (unpaired) electrons. The van der Waals surface area contributed by atoms with E-state index in [1.54, 1.807) is 0 Å². The summed E-state index contributed by atoms with van der Waals surface area (Å²) in [7, 11) is 0. The predicted molar refractivity (Wildman–Crippen MR) is 82.9 cm³/mol. The number of thiophene rings is 1. The summed E-state index contributed by atoms with van der Waals surface area (Å²) in [5.74, 6) is 0.884. The zero-order valence-corrected chi connectivity index (χ0v) is 13.3. The Morgan fingerprint density at radius 2 is 2.11 bits per heavy atom. The van der Waals surface area contributed by atoms with Crippen molar-refractivity contribution in [2.24, 2.45) is 5.92 Å². The van der Waals surface area contributed by atoms with Gasteiger partial charge in [-0.2, -0.15) is 0 Å². The molecule has 1 aliphatic carbocycles. The van der Waals surface area contributed by atoms with Crippen LogP contribution in [0.25, 0.3) is 0 Å². The summed E-state index contributed by atoms with van der Waals surface area (Å²) >= 11 is 1.93. The molecule has 1 saturated carbocycles. The number of ether oxygens (including phenoxy) is 1. The average molecular weight is 281 g/mol. The maximum absolute atomic E-state index is 5.62. The van der Waals surface area contributed by atoms with Gasteiger partial charge in [-0.25, -0.2) is 0 Å². The Morgan fingerprint density at radius 1 is 1.32 bits per heavy atom. The Labute approximate surface area is 121 Å². The Balaban J connectivity index is 1.53. The van der Waals surface area contributed by atoms with E-state index in [2.05, 4.69) is 38.2 Å². The molecule has 2 nitrogen and oxygen atoms in total. The summed E-state index contributed by atoms with van der Waals surface area (Å²) in [6.07, 6.45) is 3.88. The van der Waals surface area contributed by atoms with Crippen LogP contribution in [0.5, 0.6) is 0 Å². The quantitative estimate of drug-likeness (QED) is 0.728. The Hall–Kier alpha value is -0.380. The molecule has 0 bridgehead atoms. The minimum atomic E-state index is 0.277. The fraction of sp³-hybridized carbons (Fsp3) is 0.750. The molecule has 0 aliphatic heterocycles. The highest BCUT2D eigenvalue weighted by molar-refractivity contribution is 7.12. The maximum Gasteiger partial charge on any atom is 0.0494 e. The lowest BCUT2D eigenvalue weighted by Crippen LogP contribution is -2.16. The molecular formula is C16H27NOS. The smallest absolute Gasteiger partial charge is 0.0494 e. The Bertz CT molecular complexity index is 376. The summed E-state index contributed by atoms with van der Waals surface area (Å²) in [6.45, 7) is 10.7. The van der Waals surface area contributed by atoms with Gasteiger partial charge in [-0.05, 0) is 49.3 Å². The van der Waals surface area contributed by atoms with Crippen molar-refractivity contribution < 1.29 is 4.74 Å². The molecule has 0 spiro atoms. The first-order valence-corrected chi connectivity index (χ1v) is 8.25. The van der Waals surface area contributed by atoms with E-state index in [-0.39, 0.29) is 5.41 Å². The van der Waals surface area contributed by atoms with Gasteiger partial charge in [0.1, 0.15) is 0 Å². The third-order valence-corrected chi connectivity index (χ3v) is 4.90.